The van der Waals surface area contributed by atoms with E-state index in [4.69, 9.17) is 11.5 Å². The van der Waals surface area contributed by atoms with Gasteiger partial charge >= 0.3 is 0 Å². The molecule has 1 saturated heterocycles. The molecule has 1 heterocycles. The molecule has 2 rings (SSSR count). The molecule has 2 aliphatic rings. The van der Waals surface area contributed by atoms with Crippen molar-refractivity contribution in [1.82, 2.24) is 4.90 Å². The molecule has 0 spiro atoms. The average molecular weight is 309 g/mol. The number of carbonyl (C=O) groups excluding carboxylic acids is 2. The lowest BCUT2D eigenvalue weighted by Gasteiger charge is -2.39. The number of nitrogens with zero attached hydrogens (tertiary/aromatic N) is 1. The van der Waals surface area contributed by atoms with Crippen LogP contribution in [-0.2, 0) is 9.59 Å². The van der Waals surface area contributed by atoms with Crippen molar-refractivity contribution >= 4 is 11.8 Å². The van der Waals surface area contributed by atoms with Crippen LogP contribution < -0.4 is 11.5 Å². The third-order valence-electron chi connectivity index (χ3n) is 5.54. The quantitative estimate of drug-likeness (QED) is 0.784. The Morgan fingerprint density at radius 2 is 1.86 bits per heavy atom. The molecule has 0 aromatic carbocycles. The number of hydrogen-bond acceptors (Lipinski definition) is 3. The smallest absolute Gasteiger partial charge is 0.223 e. The highest BCUT2D eigenvalue weighted by atomic mass is 16.2. The topological polar surface area (TPSA) is 89.4 Å². The second-order valence-corrected chi connectivity index (χ2v) is 7.29. The van der Waals surface area contributed by atoms with Gasteiger partial charge in [-0.1, -0.05) is 19.3 Å². The molecule has 5 nitrogen and oxygen atoms in total. The standard InChI is InChI=1S/C17H31N3O2/c18-13-17(8-2-1-3-9-17)11-16(22)20-10-4-5-14(12-20)6-7-15(19)21/h14H,1-13,18H2,(H2,19,21). The predicted octanol–water partition coefficient (Wildman–Crippen LogP) is 1.79. The Bertz CT molecular complexity index is 391. The number of rotatable bonds is 6. The Kier molecular flexibility index (Phi) is 6.24. The molecular formula is C17H31N3O2. The van der Waals surface area contributed by atoms with Gasteiger partial charge in [-0.05, 0) is 50.0 Å². The largest absolute Gasteiger partial charge is 0.370 e. The van der Waals surface area contributed by atoms with Gasteiger partial charge in [0.1, 0.15) is 0 Å². The molecule has 1 saturated carbocycles. The van der Waals surface area contributed by atoms with Crippen molar-refractivity contribution in [2.24, 2.45) is 22.8 Å². The van der Waals surface area contributed by atoms with Crippen molar-refractivity contribution in [2.45, 2.75) is 64.2 Å². The number of likely N-dealkylation sites (tertiary alicyclic amines) is 1. The average Bonchev–Trinajstić information content (AvgIpc) is 2.54. The third-order valence-corrected chi connectivity index (χ3v) is 5.54. The molecule has 1 atom stereocenters. The molecule has 0 aromatic rings. The Labute approximate surface area is 133 Å². The molecule has 0 aromatic heterocycles. The SMILES string of the molecule is NCC1(CC(=O)N2CCCC(CCC(N)=O)C2)CCCCC1. The van der Waals surface area contributed by atoms with Gasteiger partial charge in [-0.25, -0.2) is 0 Å². The van der Waals surface area contributed by atoms with Gasteiger partial charge in [-0.3, -0.25) is 9.59 Å². The van der Waals surface area contributed by atoms with E-state index in [1.54, 1.807) is 0 Å². The summed E-state index contributed by atoms with van der Waals surface area (Å²) in [7, 11) is 0. The molecule has 4 N–H and O–H groups in total. The number of primary amides is 1. The van der Waals surface area contributed by atoms with Gasteiger partial charge in [0.15, 0.2) is 0 Å². The van der Waals surface area contributed by atoms with Crippen molar-refractivity contribution < 1.29 is 9.59 Å². The van der Waals surface area contributed by atoms with E-state index in [9.17, 15) is 9.59 Å². The summed E-state index contributed by atoms with van der Waals surface area (Å²) in [5, 5.41) is 0. The molecule has 2 fully saturated rings. The lowest BCUT2D eigenvalue weighted by atomic mass is 9.71. The van der Waals surface area contributed by atoms with Crippen molar-refractivity contribution in [3.05, 3.63) is 0 Å². The normalized spacial score (nSPS) is 25.0. The highest BCUT2D eigenvalue weighted by molar-refractivity contribution is 5.77. The van der Waals surface area contributed by atoms with Gasteiger partial charge in [0.2, 0.25) is 11.8 Å². The zero-order valence-corrected chi connectivity index (χ0v) is 13.7. The highest BCUT2D eigenvalue weighted by Gasteiger charge is 2.35. The van der Waals surface area contributed by atoms with E-state index in [-0.39, 0.29) is 17.2 Å². The number of carbonyl (C=O) groups is 2. The maximum atomic E-state index is 12.7. The minimum atomic E-state index is -0.243. The minimum absolute atomic E-state index is 0.0372. The third kappa shape index (κ3) is 4.70. The lowest BCUT2D eigenvalue weighted by Crippen LogP contribution is -2.44. The van der Waals surface area contributed by atoms with Crippen LogP contribution in [0.15, 0.2) is 0 Å². The van der Waals surface area contributed by atoms with Crippen LogP contribution >= 0.6 is 0 Å². The van der Waals surface area contributed by atoms with Gasteiger partial charge in [0, 0.05) is 25.9 Å². The van der Waals surface area contributed by atoms with Crippen molar-refractivity contribution in [3.8, 4) is 0 Å². The van der Waals surface area contributed by atoms with E-state index in [0.29, 0.717) is 25.3 Å². The molecule has 2 amide bonds. The molecule has 22 heavy (non-hydrogen) atoms. The van der Waals surface area contributed by atoms with Crippen LogP contribution in [0.25, 0.3) is 0 Å². The summed E-state index contributed by atoms with van der Waals surface area (Å²) < 4.78 is 0. The Morgan fingerprint density at radius 3 is 2.50 bits per heavy atom. The number of hydrogen-bond donors (Lipinski definition) is 2. The van der Waals surface area contributed by atoms with E-state index in [1.807, 2.05) is 4.90 Å². The number of amides is 2. The van der Waals surface area contributed by atoms with E-state index in [1.165, 1.54) is 19.3 Å². The van der Waals surface area contributed by atoms with Gasteiger partial charge in [-0.15, -0.1) is 0 Å². The molecular weight excluding hydrogens is 278 g/mol. The summed E-state index contributed by atoms with van der Waals surface area (Å²) in [6.07, 6.45) is 9.82. The molecule has 1 aliphatic heterocycles. The number of nitrogens with two attached hydrogens (primary N) is 2. The lowest BCUT2D eigenvalue weighted by molar-refractivity contribution is -0.136. The van der Waals surface area contributed by atoms with E-state index in [0.717, 1.165) is 45.2 Å². The summed E-state index contributed by atoms with van der Waals surface area (Å²) in [6, 6.07) is 0. The van der Waals surface area contributed by atoms with Crippen molar-refractivity contribution in [1.29, 1.82) is 0 Å². The van der Waals surface area contributed by atoms with Crippen LogP contribution in [0.3, 0.4) is 0 Å². The maximum absolute atomic E-state index is 12.7. The first-order chi connectivity index (χ1) is 10.5. The van der Waals surface area contributed by atoms with Crippen LogP contribution in [0, 0.1) is 11.3 Å². The molecule has 0 radical (unpaired) electrons. The van der Waals surface area contributed by atoms with Gasteiger partial charge in [0.05, 0.1) is 0 Å². The summed E-state index contributed by atoms with van der Waals surface area (Å²) in [5.74, 6) is 0.439. The Hall–Kier alpha value is -1.10. The molecule has 1 unspecified atom stereocenters. The summed E-state index contributed by atoms with van der Waals surface area (Å²) in [6.45, 7) is 2.26. The molecule has 0 bridgehead atoms. The fourth-order valence-electron chi connectivity index (χ4n) is 4.06. The molecule has 1 aliphatic carbocycles. The highest BCUT2D eigenvalue weighted by Crippen LogP contribution is 2.39. The van der Waals surface area contributed by atoms with Crippen molar-refractivity contribution in [3.63, 3.8) is 0 Å². The monoisotopic (exact) mass is 309 g/mol. The van der Waals surface area contributed by atoms with Crippen LogP contribution in [-0.4, -0.2) is 36.3 Å². The second kappa shape index (κ2) is 7.95. The Morgan fingerprint density at radius 1 is 1.14 bits per heavy atom. The second-order valence-electron chi connectivity index (χ2n) is 7.29. The van der Waals surface area contributed by atoms with E-state index >= 15 is 0 Å². The van der Waals surface area contributed by atoms with Gasteiger partial charge < -0.3 is 16.4 Å². The first-order valence-corrected chi connectivity index (χ1v) is 8.81. The van der Waals surface area contributed by atoms with Crippen molar-refractivity contribution in [2.75, 3.05) is 19.6 Å². The van der Waals surface area contributed by atoms with E-state index in [2.05, 4.69) is 0 Å². The van der Waals surface area contributed by atoms with Crippen LogP contribution in [0.5, 0.6) is 0 Å². The summed E-state index contributed by atoms with van der Waals surface area (Å²) in [4.78, 5) is 25.6. The van der Waals surface area contributed by atoms with Crippen LogP contribution in [0.2, 0.25) is 0 Å². The van der Waals surface area contributed by atoms with Gasteiger partial charge in [-0.2, -0.15) is 0 Å². The molecule has 5 heteroatoms. The fraction of sp³-hybridized carbons (Fsp3) is 0.882. The molecule has 126 valence electrons. The maximum Gasteiger partial charge on any atom is 0.223 e. The summed E-state index contributed by atoms with van der Waals surface area (Å²) in [5.41, 5.74) is 11.3. The number of piperidine rings is 1. The first kappa shape index (κ1) is 17.3. The zero-order valence-electron chi connectivity index (χ0n) is 13.7. The first-order valence-electron chi connectivity index (χ1n) is 8.81. The van der Waals surface area contributed by atoms with E-state index < -0.39 is 0 Å². The Balaban J connectivity index is 1.86. The summed E-state index contributed by atoms with van der Waals surface area (Å²) >= 11 is 0. The van der Waals surface area contributed by atoms with Gasteiger partial charge in [0.25, 0.3) is 0 Å². The van der Waals surface area contributed by atoms with Crippen LogP contribution in [0.1, 0.15) is 64.2 Å². The fourth-order valence-corrected chi connectivity index (χ4v) is 4.06. The van der Waals surface area contributed by atoms with Crippen LogP contribution in [0.4, 0.5) is 0 Å². The minimum Gasteiger partial charge on any atom is -0.370 e. The predicted molar refractivity (Wildman–Crippen MR) is 86.9 cm³/mol. The zero-order chi connectivity index (χ0) is 16.0.